The third-order valence-corrected chi connectivity index (χ3v) is 5.45. The van der Waals surface area contributed by atoms with Gasteiger partial charge in [-0.25, -0.2) is 14.8 Å². The number of carbonyl (C=O) groups is 2. The summed E-state index contributed by atoms with van der Waals surface area (Å²) in [5.41, 5.74) is 2.17. The lowest BCUT2D eigenvalue weighted by Gasteiger charge is -2.27. The highest BCUT2D eigenvalue weighted by Crippen LogP contribution is 2.36. The molecule has 0 saturated carbocycles. The molecule has 2 aliphatic heterocycles. The molecule has 11 heteroatoms. The maximum Gasteiger partial charge on any atom is 0.422 e. The molecule has 8 nitrogen and oxygen atoms in total. The van der Waals surface area contributed by atoms with Crippen molar-refractivity contribution in [1.29, 1.82) is 0 Å². The first kappa shape index (κ1) is 21.8. The van der Waals surface area contributed by atoms with Crippen LogP contribution in [-0.2, 0) is 11.3 Å². The zero-order chi connectivity index (χ0) is 23.0. The van der Waals surface area contributed by atoms with Crippen molar-refractivity contribution in [2.45, 2.75) is 39.0 Å². The Morgan fingerprint density at radius 3 is 2.75 bits per heavy atom. The number of carbonyl (C=O) groups excluding carboxylic acids is 2. The lowest BCUT2D eigenvalue weighted by Crippen LogP contribution is -2.39. The minimum absolute atomic E-state index is 0.107. The molecule has 0 aromatic carbocycles. The fourth-order valence-electron chi connectivity index (χ4n) is 3.82. The van der Waals surface area contributed by atoms with Crippen LogP contribution in [-0.4, -0.2) is 52.8 Å². The van der Waals surface area contributed by atoms with Gasteiger partial charge < -0.3 is 14.4 Å². The summed E-state index contributed by atoms with van der Waals surface area (Å²) in [7, 11) is 0. The summed E-state index contributed by atoms with van der Waals surface area (Å²) >= 11 is 0. The van der Waals surface area contributed by atoms with E-state index in [-0.39, 0.29) is 18.3 Å². The van der Waals surface area contributed by atoms with E-state index in [4.69, 9.17) is 9.47 Å². The van der Waals surface area contributed by atoms with Crippen LogP contribution in [0.2, 0.25) is 0 Å². The van der Waals surface area contributed by atoms with E-state index in [1.54, 1.807) is 30.9 Å². The van der Waals surface area contributed by atoms with Crippen LogP contribution in [0.1, 0.15) is 46.4 Å². The Bertz CT molecular complexity index is 1060. The van der Waals surface area contributed by atoms with Crippen molar-refractivity contribution >= 4 is 17.8 Å². The van der Waals surface area contributed by atoms with E-state index in [1.165, 1.54) is 17.3 Å². The van der Waals surface area contributed by atoms with Gasteiger partial charge in [-0.2, -0.15) is 13.2 Å². The molecule has 2 aromatic rings. The summed E-state index contributed by atoms with van der Waals surface area (Å²) in [5.74, 6) is 0.0708. The first-order valence-corrected chi connectivity index (χ1v) is 10.0. The third kappa shape index (κ3) is 4.19. The SMILES string of the molecule is Cc1cc(C(C)N2Cc3c(ccnc3N3CCCOC3=O)C2=O)cnc1OCC(F)(F)F. The molecule has 0 bridgehead atoms. The Labute approximate surface area is 181 Å². The zero-order valence-electron chi connectivity index (χ0n) is 17.5. The molecule has 170 valence electrons. The Hall–Kier alpha value is -3.37. The van der Waals surface area contributed by atoms with Crippen LogP contribution in [0, 0.1) is 6.92 Å². The molecule has 1 unspecified atom stereocenters. The second-order valence-corrected chi connectivity index (χ2v) is 7.68. The summed E-state index contributed by atoms with van der Waals surface area (Å²) in [6.45, 7) is 3.01. The van der Waals surface area contributed by atoms with E-state index in [0.717, 1.165) is 0 Å². The van der Waals surface area contributed by atoms with Crippen LogP contribution in [0.5, 0.6) is 5.88 Å². The highest BCUT2D eigenvalue weighted by atomic mass is 19.4. The minimum Gasteiger partial charge on any atom is -0.468 e. The molecular weight excluding hydrogens is 429 g/mol. The van der Waals surface area contributed by atoms with Crippen LogP contribution < -0.4 is 9.64 Å². The lowest BCUT2D eigenvalue weighted by atomic mass is 10.1. The molecule has 1 saturated heterocycles. The number of cyclic esters (lactones) is 1. The Balaban J connectivity index is 1.55. The minimum atomic E-state index is -4.46. The largest absolute Gasteiger partial charge is 0.468 e. The number of aromatic nitrogens is 2. The zero-order valence-corrected chi connectivity index (χ0v) is 17.5. The van der Waals surface area contributed by atoms with Crippen molar-refractivity contribution in [3.63, 3.8) is 0 Å². The van der Waals surface area contributed by atoms with Crippen LogP contribution in [0.3, 0.4) is 0 Å². The Morgan fingerprint density at radius 2 is 2.06 bits per heavy atom. The van der Waals surface area contributed by atoms with E-state index < -0.39 is 24.9 Å². The number of amides is 2. The number of rotatable bonds is 5. The number of hydrogen-bond donors (Lipinski definition) is 0. The monoisotopic (exact) mass is 450 g/mol. The van der Waals surface area contributed by atoms with Gasteiger partial charge in [0.2, 0.25) is 5.88 Å². The predicted molar refractivity (Wildman–Crippen MR) is 106 cm³/mol. The van der Waals surface area contributed by atoms with Gasteiger partial charge in [0, 0.05) is 35.6 Å². The highest BCUT2D eigenvalue weighted by molar-refractivity contribution is 6.01. The molecule has 32 heavy (non-hydrogen) atoms. The Morgan fingerprint density at radius 1 is 1.28 bits per heavy atom. The summed E-state index contributed by atoms with van der Waals surface area (Å²) < 4.78 is 47.1. The summed E-state index contributed by atoms with van der Waals surface area (Å²) in [5, 5.41) is 0. The van der Waals surface area contributed by atoms with E-state index in [2.05, 4.69) is 9.97 Å². The van der Waals surface area contributed by atoms with E-state index in [9.17, 15) is 22.8 Å². The number of halogens is 3. The molecule has 1 atom stereocenters. The average molecular weight is 450 g/mol. The number of anilines is 1. The molecule has 2 aromatic heterocycles. The second-order valence-electron chi connectivity index (χ2n) is 7.68. The number of pyridine rings is 2. The number of nitrogens with zero attached hydrogens (tertiary/aromatic N) is 4. The molecule has 1 fully saturated rings. The van der Waals surface area contributed by atoms with Gasteiger partial charge in [0.05, 0.1) is 19.2 Å². The maximum absolute atomic E-state index is 13.1. The van der Waals surface area contributed by atoms with Crippen molar-refractivity contribution in [3.05, 3.63) is 46.8 Å². The fourth-order valence-corrected chi connectivity index (χ4v) is 3.82. The molecule has 0 spiro atoms. The topological polar surface area (TPSA) is 84.9 Å². The van der Waals surface area contributed by atoms with E-state index in [0.29, 0.717) is 47.6 Å². The smallest absolute Gasteiger partial charge is 0.422 e. The molecule has 4 rings (SSSR count). The first-order valence-electron chi connectivity index (χ1n) is 10.0. The number of aryl methyl sites for hydroxylation is 1. The average Bonchev–Trinajstić information content (AvgIpc) is 3.09. The van der Waals surface area contributed by atoms with Crippen LogP contribution in [0.4, 0.5) is 23.8 Å². The number of alkyl halides is 3. The summed E-state index contributed by atoms with van der Waals surface area (Å²) in [6.07, 6.45) is -1.40. The van der Waals surface area contributed by atoms with E-state index >= 15 is 0 Å². The third-order valence-electron chi connectivity index (χ3n) is 5.45. The standard InChI is InChI=1S/C21H21F3N4O4/c1-12-8-14(9-26-18(12)32-11-21(22,23)24)13(2)28-10-16-15(19(28)29)4-5-25-17(16)27-6-3-7-31-20(27)30/h4-5,8-9,13H,3,6-7,10-11H2,1-2H3. The molecule has 2 aliphatic rings. The van der Waals surface area contributed by atoms with Crippen LogP contribution >= 0.6 is 0 Å². The summed E-state index contributed by atoms with van der Waals surface area (Å²) in [6, 6.07) is 2.85. The van der Waals surface area contributed by atoms with Crippen molar-refractivity contribution in [1.82, 2.24) is 14.9 Å². The lowest BCUT2D eigenvalue weighted by molar-refractivity contribution is -0.154. The second kappa shape index (κ2) is 8.29. The summed E-state index contributed by atoms with van der Waals surface area (Å²) in [4.78, 5) is 36.6. The van der Waals surface area contributed by atoms with Gasteiger partial charge in [-0.15, -0.1) is 0 Å². The molecular formula is C21H21F3N4O4. The van der Waals surface area contributed by atoms with Crippen LogP contribution in [0.15, 0.2) is 24.5 Å². The van der Waals surface area contributed by atoms with Crippen molar-refractivity contribution in [2.75, 3.05) is 24.7 Å². The van der Waals surface area contributed by atoms with Crippen molar-refractivity contribution in [2.24, 2.45) is 0 Å². The van der Waals surface area contributed by atoms with Gasteiger partial charge in [-0.05, 0) is 38.0 Å². The maximum atomic E-state index is 13.1. The predicted octanol–water partition coefficient (Wildman–Crippen LogP) is 3.79. The van der Waals surface area contributed by atoms with Gasteiger partial charge in [-0.3, -0.25) is 9.69 Å². The van der Waals surface area contributed by atoms with Crippen LogP contribution in [0.25, 0.3) is 0 Å². The van der Waals surface area contributed by atoms with E-state index in [1.807, 2.05) is 0 Å². The normalized spacial score (nSPS) is 17.3. The molecule has 0 radical (unpaired) electrons. The first-order chi connectivity index (χ1) is 15.2. The van der Waals surface area contributed by atoms with Crippen molar-refractivity contribution < 1.29 is 32.2 Å². The van der Waals surface area contributed by atoms with Gasteiger partial charge in [0.1, 0.15) is 5.82 Å². The fraction of sp³-hybridized carbons (Fsp3) is 0.429. The number of hydrogen-bond acceptors (Lipinski definition) is 6. The molecule has 0 N–H and O–H groups in total. The quantitative estimate of drug-likeness (QED) is 0.689. The molecule has 0 aliphatic carbocycles. The highest BCUT2D eigenvalue weighted by Gasteiger charge is 2.37. The van der Waals surface area contributed by atoms with Crippen molar-refractivity contribution in [3.8, 4) is 5.88 Å². The molecule has 4 heterocycles. The van der Waals surface area contributed by atoms with Gasteiger partial charge in [0.15, 0.2) is 6.61 Å². The number of fused-ring (bicyclic) bond motifs is 1. The molecule has 2 amide bonds. The van der Waals surface area contributed by atoms with Gasteiger partial charge in [-0.1, -0.05) is 0 Å². The van der Waals surface area contributed by atoms with Gasteiger partial charge in [0.25, 0.3) is 5.91 Å². The Kier molecular flexibility index (Phi) is 5.66. The number of ether oxygens (including phenoxy) is 2. The van der Waals surface area contributed by atoms with Gasteiger partial charge >= 0.3 is 12.3 Å².